The molecule has 7 heteroatoms. The number of rotatable bonds is 5. The Morgan fingerprint density at radius 1 is 1.27 bits per heavy atom. The lowest BCUT2D eigenvalue weighted by molar-refractivity contribution is 0.271. The maximum Gasteiger partial charge on any atom is 0.248 e. The lowest BCUT2D eigenvalue weighted by Crippen LogP contribution is -1.97. The summed E-state index contributed by atoms with van der Waals surface area (Å²) in [7, 11) is 1.87. The van der Waals surface area contributed by atoms with Gasteiger partial charge in [-0.25, -0.2) is 4.98 Å². The second-order valence-electron chi connectivity index (χ2n) is 4.85. The first kappa shape index (κ1) is 14.8. The molecule has 2 aromatic heterocycles. The number of aryl methyl sites for hydroxylation is 1. The SMILES string of the molecule is Cc1ccccc1-c1nnc(CSc2ncc(CO)n2C)o1. The van der Waals surface area contributed by atoms with Crippen molar-refractivity contribution >= 4 is 11.8 Å². The van der Waals surface area contributed by atoms with Crippen LogP contribution in [-0.4, -0.2) is 24.9 Å². The van der Waals surface area contributed by atoms with Gasteiger partial charge in [0, 0.05) is 12.6 Å². The van der Waals surface area contributed by atoms with Gasteiger partial charge in [-0.05, 0) is 18.6 Å². The van der Waals surface area contributed by atoms with E-state index in [1.54, 1.807) is 6.20 Å². The second kappa shape index (κ2) is 6.33. The van der Waals surface area contributed by atoms with Crippen LogP contribution in [-0.2, 0) is 19.4 Å². The van der Waals surface area contributed by atoms with E-state index in [-0.39, 0.29) is 6.61 Å². The summed E-state index contributed by atoms with van der Waals surface area (Å²) in [6.45, 7) is 1.99. The van der Waals surface area contributed by atoms with Crippen molar-refractivity contribution in [3.05, 3.63) is 47.6 Å². The van der Waals surface area contributed by atoms with Crippen LogP contribution < -0.4 is 0 Å². The van der Waals surface area contributed by atoms with E-state index in [2.05, 4.69) is 15.2 Å². The molecule has 6 nitrogen and oxygen atoms in total. The molecule has 0 saturated carbocycles. The van der Waals surface area contributed by atoms with E-state index in [0.717, 1.165) is 22.0 Å². The number of thioether (sulfide) groups is 1. The summed E-state index contributed by atoms with van der Waals surface area (Å²) in [5.41, 5.74) is 2.82. The molecule has 0 amide bonds. The van der Waals surface area contributed by atoms with E-state index in [1.807, 2.05) is 42.8 Å². The number of aromatic nitrogens is 4. The molecule has 0 bridgehead atoms. The molecule has 0 aliphatic heterocycles. The smallest absolute Gasteiger partial charge is 0.248 e. The predicted molar refractivity (Wildman–Crippen MR) is 83.2 cm³/mol. The topological polar surface area (TPSA) is 77.0 Å². The van der Waals surface area contributed by atoms with Crippen LogP contribution in [0.2, 0.25) is 0 Å². The summed E-state index contributed by atoms with van der Waals surface area (Å²) in [6, 6.07) is 7.90. The van der Waals surface area contributed by atoms with Crippen molar-refractivity contribution in [2.75, 3.05) is 0 Å². The Kier molecular flexibility index (Phi) is 4.26. The fourth-order valence-corrected chi connectivity index (χ4v) is 2.87. The minimum absolute atomic E-state index is 0.0257. The molecule has 0 spiro atoms. The number of hydrogen-bond donors (Lipinski definition) is 1. The molecule has 0 radical (unpaired) electrons. The number of benzene rings is 1. The predicted octanol–water partition coefficient (Wildman–Crippen LogP) is 2.56. The molecule has 3 rings (SSSR count). The Hall–Kier alpha value is -2.12. The first-order valence-corrected chi connectivity index (χ1v) is 7.80. The van der Waals surface area contributed by atoms with Crippen LogP contribution in [0.1, 0.15) is 17.1 Å². The van der Waals surface area contributed by atoms with Gasteiger partial charge < -0.3 is 14.1 Å². The van der Waals surface area contributed by atoms with Crippen molar-refractivity contribution in [2.45, 2.75) is 24.4 Å². The van der Waals surface area contributed by atoms with Gasteiger partial charge in [0.05, 0.1) is 24.3 Å². The summed E-state index contributed by atoms with van der Waals surface area (Å²) in [6.07, 6.45) is 1.66. The highest BCUT2D eigenvalue weighted by Gasteiger charge is 2.12. The van der Waals surface area contributed by atoms with Gasteiger partial charge >= 0.3 is 0 Å². The fourth-order valence-electron chi connectivity index (χ4n) is 2.07. The van der Waals surface area contributed by atoms with Crippen molar-refractivity contribution in [2.24, 2.45) is 7.05 Å². The molecule has 0 atom stereocenters. The van der Waals surface area contributed by atoms with Gasteiger partial charge in [-0.15, -0.1) is 10.2 Å². The Bertz CT molecular complexity index is 781. The third-order valence-electron chi connectivity index (χ3n) is 3.37. The van der Waals surface area contributed by atoms with E-state index in [1.165, 1.54) is 11.8 Å². The van der Waals surface area contributed by atoms with Crippen molar-refractivity contribution in [1.29, 1.82) is 0 Å². The number of aliphatic hydroxyl groups is 1. The van der Waals surface area contributed by atoms with Gasteiger partial charge in [0.25, 0.3) is 0 Å². The highest BCUT2D eigenvalue weighted by atomic mass is 32.2. The van der Waals surface area contributed by atoms with Gasteiger partial charge in [-0.1, -0.05) is 30.0 Å². The number of imidazole rings is 1. The quantitative estimate of drug-likeness (QED) is 0.729. The first-order valence-electron chi connectivity index (χ1n) is 6.81. The molecule has 0 saturated heterocycles. The Labute approximate surface area is 132 Å². The minimum atomic E-state index is -0.0257. The van der Waals surface area contributed by atoms with Gasteiger partial charge in [0.15, 0.2) is 5.16 Å². The lowest BCUT2D eigenvalue weighted by Gasteiger charge is -2.02. The van der Waals surface area contributed by atoms with Crippen molar-refractivity contribution < 1.29 is 9.52 Å². The third kappa shape index (κ3) is 2.90. The molecule has 0 aliphatic rings. The van der Waals surface area contributed by atoms with Crippen LogP contribution in [0.15, 0.2) is 40.0 Å². The zero-order valence-corrected chi connectivity index (χ0v) is 13.2. The molecule has 2 heterocycles. The number of hydrogen-bond acceptors (Lipinski definition) is 6. The fraction of sp³-hybridized carbons (Fsp3) is 0.267. The second-order valence-corrected chi connectivity index (χ2v) is 5.80. The van der Waals surface area contributed by atoms with Crippen LogP contribution in [0.25, 0.3) is 11.5 Å². The summed E-state index contributed by atoms with van der Waals surface area (Å²) in [5, 5.41) is 18.2. The average Bonchev–Trinajstić information content (AvgIpc) is 3.12. The van der Waals surface area contributed by atoms with E-state index in [4.69, 9.17) is 9.52 Å². The maximum absolute atomic E-state index is 9.16. The molecule has 0 fully saturated rings. The summed E-state index contributed by atoms with van der Waals surface area (Å²) in [4.78, 5) is 4.26. The monoisotopic (exact) mass is 316 g/mol. The van der Waals surface area contributed by atoms with Crippen LogP contribution in [0.3, 0.4) is 0 Å². The Morgan fingerprint density at radius 3 is 2.82 bits per heavy atom. The molecule has 22 heavy (non-hydrogen) atoms. The third-order valence-corrected chi connectivity index (χ3v) is 4.40. The largest absolute Gasteiger partial charge is 0.420 e. The molecular formula is C15H16N4O2S. The zero-order chi connectivity index (χ0) is 15.5. The van der Waals surface area contributed by atoms with E-state index in [9.17, 15) is 0 Å². The first-order chi connectivity index (χ1) is 10.7. The van der Waals surface area contributed by atoms with Crippen LogP contribution in [0.5, 0.6) is 0 Å². The average molecular weight is 316 g/mol. The van der Waals surface area contributed by atoms with E-state index in [0.29, 0.717) is 17.5 Å². The standard InChI is InChI=1S/C15H16N4O2S/c1-10-5-3-4-6-12(10)14-18-17-13(21-14)9-22-15-16-7-11(8-20)19(15)2/h3-7,20H,8-9H2,1-2H3. The normalized spacial score (nSPS) is 11.0. The minimum Gasteiger partial charge on any atom is -0.420 e. The molecule has 0 unspecified atom stereocenters. The van der Waals surface area contributed by atoms with Crippen LogP contribution in [0.4, 0.5) is 0 Å². The highest BCUT2D eigenvalue weighted by Crippen LogP contribution is 2.25. The molecule has 114 valence electrons. The molecule has 0 aliphatic carbocycles. The van der Waals surface area contributed by atoms with E-state index >= 15 is 0 Å². The van der Waals surface area contributed by atoms with Crippen molar-refractivity contribution in [1.82, 2.24) is 19.7 Å². The lowest BCUT2D eigenvalue weighted by atomic mass is 10.1. The summed E-state index contributed by atoms with van der Waals surface area (Å²) in [5.74, 6) is 1.62. The van der Waals surface area contributed by atoms with E-state index < -0.39 is 0 Å². The highest BCUT2D eigenvalue weighted by molar-refractivity contribution is 7.98. The van der Waals surface area contributed by atoms with Gasteiger partial charge in [0.1, 0.15) is 0 Å². The number of aliphatic hydroxyl groups excluding tert-OH is 1. The van der Waals surface area contributed by atoms with Crippen LogP contribution >= 0.6 is 11.8 Å². The molecule has 1 aromatic carbocycles. The Morgan fingerprint density at radius 2 is 2.09 bits per heavy atom. The summed E-state index contributed by atoms with van der Waals surface area (Å²) < 4.78 is 7.57. The maximum atomic E-state index is 9.16. The van der Waals surface area contributed by atoms with Gasteiger partial charge in [-0.3, -0.25) is 0 Å². The summed E-state index contributed by atoms with van der Waals surface area (Å²) >= 11 is 1.49. The molecule has 3 aromatic rings. The van der Waals surface area contributed by atoms with Gasteiger partial charge in [0.2, 0.25) is 11.8 Å². The molecule has 1 N–H and O–H groups in total. The Balaban J connectivity index is 1.72. The van der Waals surface area contributed by atoms with Crippen molar-refractivity contribution in [3.8, 4) is 11.5 Å². The van der Waals surface area contributed by atoms with Gasteiger partial charge in [-0.2, -0.15) is 0 Å². The zero-order valence-electron chi connectivity index (χ0n) is 12.4. The van der Waals surface area contributed by atoms with Crippen LogP contribution in [0, 0.1) is 6.92 Å². The molecular weight excluding hydrogens is 300 g/mol. The number of nitrogens with zero attached hydrogens (tertiary/aromatic N) is 4. The van der Waals surface area contributed by atoms with Crippen molar-refractivity contribution in [3.63, 3.8) is 0 Å².